The molecule has 0 fully saturated rings. The molecule has 3 rings (SSSR count). The number of aryl methyl sites for hydroxylation is 1. The summed E-state index contributed by atoms with van der Waals surface area (Å²) in [6.45, 7) is 1.99. The molecule has 1 aromatic carbocycles. The summed E-state index contributed by atoms with van der Waals surface area (Å²) in [5.74, 6) is 1.05. The summed E-state index contributed by atoms with van der Waals surface area (Å²) in [5, 5.41) is 3.96. The van der Waals surface area contributed by atoms with Crippen LogP contribution in [0.25, 0.3) is 23.0 Å². The first-order valence-corrected chi connectivity index (χ1v) is 5.72. The van der Waals surface area contributed by atoms with E-state index in [1.54, 1.807) is 0 Å². The van der Waals surface area contributed by atoms with Crippen molar-refractivity contribution >= 4 is 5.82 Å². The molecule has 3 aromatic rings. The summed E-state index contributed by atoms with van der Waals surface area (Å²) < 4.78 is 5.20. The number of aromatic nitrogens is 4. The maximum atomic E-state index is 5.73. The second kappa shape index (κ2) is 4.49. The van der Waals surface area contributed by atoms with Crippen molar-refractivity contribution in [3.05, 3.63) is 42.2 Å². The highest BCUT2D eigenvalue weighted by molar-refractivity contribution is 5.65. The molecule has 0 bridgehead atoms. The van der Waals surface area contributed by atoms with Crippen LogP contribution in [0.15, 0.2) is 41.2 Å². The molecule has 0 aliphatic heterocycles. The van der Waals surface area contributed by atoms with Crippen LogP contribution < -0.4 is 5.73 Å². The smallest absolute Gasteiger partial charge is 0.280 e. The highest BCUT2D eigenvalue weighted by Crippen LogP contribution is 2.24. The number of hydrogen-bond acceptors (Lipinski definition) is 6. The van der Waals surface area contributed by atoms with Gasteiger partial charge in [0.05, 0.1) is 0 Å². The second-order valence-corrected chi connectivity index (χ2v) is 4.03. The molecule has 2 heterocycles. The third-order valence-corrected chi connectivity index (χ3v) is 2.74. The standard InChI is InChI=1S/C13H11N5O/c1-8-4-2-3-5-9(8)12-17-13(19-18-12)10-11(14)16-7-6-15-10/h2-7H,1H3,(H2,14,16). The summed E-state index contributed by atoms with van der Waals surface area (Å²) >= 11 is 0. The molecule has 0 saturated heterocycles. The number of anilines is 1. The molecule has 94 valence electrons. The SMILES string of the molecule is Cc1ccccc1-c1noc(-c2nccnc2N)n1. The molecule has 0 saturated carbocycles. The maximum absolute atomic E-state index is 5.73. The highest BCUT2D eigenvalue weighted by atomic mass is 16.5. The van der Waals surface area contributed by atoms with Crippen molar-refractivity contribution in [1.82, 2.24) is 20.1 Å². The average molecular weight is 253 g/mol. The van der Waals surface area contributed by atoms with Crippen molar-refractivity contribution in [2.75, 3.05) is 5.73 Å². The number of nitrogen functional groups attached to an aromatic ring is 1. The minimum Gasteiger partial charge on any atom is -0.382 e. The normalized spacial score (nSPS) is 10.6. The zero-order chi connectivity index (χ0) is 13.2. The lowest BCUT2D eigenvalue weighted by molar-refractivity contribution is 0.431. The van der Waals surface area contributed by atoms with Crippen molar-refractivity contribution in [3.63, 3.8) is 0 Å². The van der Waals surface area contributed by atoms with E-state index < -0.39 is 0 Å². The third-order valence-electron chi connectivity index (χ3n) is 2.74. The lowest BCUT2D eigenvalue weighted by atomic mass is 10.1. The Hall–Kier alpha value is -2.76. The predicted octanol–water partition coefficient (Wildman–Crippen LogP) is 2.08. The zero-order valence-electron chi connectivity index (χ0n) is 10.2. The number of nitrogens with two attached hydrogens (primary N) is 1. The van der Waals surface area contributed by atoms with E-state index in [1.165, 1.54) is 12.4 Å². The summed E-state index contributed by atoms with van der Waals surface area (Å²) in [6, 6.07) is 7.81. The van der Waals surface area contributed by atoms with E-state index in [-0.39, 0.29) is 11.7 Å². The van der Waals surface area contributed by atoms with Gasteiger partial charge < -0.3 is 10.3 Å². The molecule has 0 spiro atoms. The Morgan fingerprint density at radius 3 is 2.68 bits per heavy atom. The van der Waals surface area contributed by atoms with Crippen LogP contribution >= 0.6 is 0 Å². The number of hydrogen-bond donors (Lipinski definition) is 1. The summed E-state index contributed by atoms with van der Waals surface area (Å²) in [5.41, 5.74) is 8.11. The number of rotatable bonds is 2. The first-order valence-electron chi connectivity index (χ1n) is 5.72. The molecule has 19 heavy (non-hydrogen) atoms. The Labute approximate surface area is 109 Å². The molecule has 2 N–H and O–H groups in total. The van der Waals surface area contributed by atoms with Gasteiger partial charge >= 0.3 is 0 Å². The van der Waals surface area contributed by atoms with Crippen LogP contribution in [0.3, 0.4) is 0 Å². The fourth-order valence-electron chi connectivity index (χ4n) is 1.77. The van der Waals surface area contributed by atoms with Gasteiger partial charge in [-0.3, -0.25) is 0 Å². The lowest BCUT2D eigenvalue weighted by Gasteiger charge is -1.98. The van der Waals surface area contributed by atoms with Crippen LogP contribution in [0.5, 0.6) is 0 Å². The van der Waals surface area contributed by atoms with E-state index in [9.17, 15) is 0 Å². The van der Waals surface area contributed by atoms with Gasteiger partial charge in [-0.15, -0.1) is 0 Å². The third kappa shape index (κ3) is 2.03. The van der Waals surface area contributed by atoms with Gasteiger partial charge in [0.1, 0.15) is 0 Å². The van der Waals surface area contributed by atoms with Gasteiger partial charge in [0.2, 0.25) is 5.82 Å². The van der Waals surface area contributed by atoms with E-state index in [2.05, 4.69) is 20.1 Å². The minimum absolute atomic E-state index is 0.266. The fourth-order valence-corrected chi connectivity index (χ4v) is 1.77. The van der Waals surface area contributed by atoms with Crippen LogP contribution in [-0.4, -0.2) is 20.1 Å². The number of nitrogens with zero attached hydrogens (tertiary/aromatic N) is 4. The largest absolute Gasteiger partial charge is 0.382 e. The molecule has 6 heteroatoms. The van der Waals surface area contributed by atoms with Gasteiger partial charge in [-0.25, -0.2) is 9.97 Å². The van der Waals surface area contributed by atoms with E-state index in [0.717, 1.165) is 11.1 Å². The molecule has 2 aromatic heterocycles. The first kappa shape index (κ1) is 11.3. The molecule has 0 amide bonds. The lowest BCUT2D eigenvalue weighted by Crippen LogP contribution is -1.96. The zero-order valence-corrected chi connectivity index (χ0v) is 10.2. The van der Waals surface area contributed by atoms with Crippen LogP contribution in [-0.2, 0) is 0 Å². The monoisotopic (exact) mass is 253 g/mol. The second-order valence-electron chi connectivity index (χ2n) is 4.03. The van der Waals surface area contributed by atoms with E-state index in [0.29, 0.717) is 11.5 Å². The average Bonchev–Trinajstić information content (AvgIpc) is 2.89. The molecule has 0 atom stereocenters. The van der Waals surface area contributed by atoms with Crippen molar-refractivity contribution in [3.8, 4) is 23.0 Å². The summed E-state index contributed by atoms with van der Waals surface area (Å²) in [7, 11) is 0. The van der Waals surface area contributed by atoms with Gasteiger partial charge in [-0.1, -0.05) is 29.4 Å². The molecular formula is C13H11N5O. The van der Waals surface area contributed by atoms with Crippen molar-refractivity contribution < 1.29 is 4.52 Å². The molecule has 6 nitrogen and oxygen atoms in total. The molecule has 0 unspecified atom stereocenters. The summed E-state index contributed by atoms with van der Waals surface area (Å²) in [4.78, 5) is 12.3. The Balaban J connectivity index is 2.06. The van der Waals surface area contributed by atoms with Gasteiger partial charge in [0, 0.05) is 18.0 Å². The molecule has 0 aliphatic carbocycles. The summed E-state index contributed by atoms with van der Waals surface area (Å²) in [6.07, 6.45) is 3.04. The van der Waals surface area contributed by atoms with Gasteiger partial charge in [0.15, 0.2) is 11.5 Å². The van der Waals surface area contributed by atoms with Gasteiger partial charge in [0.25, 0.3) is 5.89 Å². The fraction of sp³-hybridized carbons (Fsp3) is 0.0769. The van der Waals surface area contributed by atoms with Crippen LogP contribution in [0, 0.1) is 6.92 Å². The topological polar surface area (TPSA) is 90.7 Å². The number of benzene rings is 1. The highest BCUT2D eigenvalue weighted by Gasteiger charge is 2.15. The Bertz CT molecular complexity index is 662. The molecule has 0 radical (unpaired) electrons. The first-order chi connectivity index (χ1) is 9.25. The molecule has 0 aliphatic rings. The Kier molecular flexibility index (Phi) is 2.68. The maximum Gasteiger partial charge on any atom is 0.280 e. The Morgan fingerprint density at radius 2 is 1.89 bits per heavy atom. The molecular weight excluding hydrogens is 242 g/mol. The van der Waals surface area contributed by atoms with E-state index in [4.69, 9.17) is 10.3 Å². The predicted molar refractivity (Wildman–Crippen MR) is 69.9 cm³/mol. The van der Waals surface area contributed by atoms with Crippen LogP contribution in [0.2, 0.25) is 0 Å². The quantitative estimate of drug-likeness (QED) is 0.751. The Morgan fingerprint density at radius 1 is 1.11 bits per heavy atom. The van der Waals surface area contributed by atoms with Crippen molar-refractivity contribution in [1.29, 1.82) is 0 Å². The van der Waals surface area contributed by atoms with Crippen LogP contribution in [0.1, 0.15) is 5.56 Å². The van der Waals surface area contributed by atoms with E-state index >= 15 is 0 Å². The van der Waals surface area contributed by atoms with E-state index in [1.807, 2.05) is 31.2 Å². The van der Waals surface area contributed by atoms with Crippen molar-refractivity contribution in [2.45, 2.75) is 6.92 Å². The van der Waals surface area contributed by atoms with Crippen molar-refractivity contribution in [2.24, 2.45) is 0 Å². The minimum atomic E-state index is 0.266. The van der Waals surface area contributed by atoms with Gasteiger partial charge in [-0.05, 0) is 12.5 Å². The van der Waals surface area contributed by atoms with Gasteiger partial charge in [-0.2, -0.15) is 4.98 Å². The van der Waals surface area contributed by atoms with Crippen LogP contribution in [0.4, 0.5) is 5.82 Å².